The fourth-order valence-electron chi connectivity index (χ4n) is 1.37. The summed E-state index contributed by atoms with van der Waals surface area (Å²) in [6, 6.07) is 1.87. The molecule has 1 aromatic rings. The van der Waals surface area contributed by atoms with E-state index in [-0.39, 0.29) is 16.0 Å². The van der Waals surface area contributed by atoms with Gasteiger partial charge in [0.05, 0.1) is 12.0 Å². The van der Waals surface area contributed by atoms with Crippen molar-refractivity contribution in [3.63, 3.8) is 0 Å². The number of carboxylic acid groups (broad SMARTS) is 2. The van der Waals surface area contributed by atoms with Gasteiger partial charge in [-0.3, -0.25) is 4.79 Å². The van der Waals surface area contributed by atoms with E-state index in [0.29, 0.717) is 5.00 Å². The molecule has 90 valence electrons. The Hall–Kier alpha value is -2.07. The molecule has 0 amide bonds. The third kappa shape index (κ3) is 2.54. The van der Waals surface area contributed by atoms with Gasteiger partial charge in [-0.15, -0.1) is 11.3 Å². The second-order valence-corrected chi connectivity index (χ2v) is 4.47. The number of carbonyl (C=O) groups is 2. The number of thiophene rings is 1. The number of nitrogens with zero attached hydrogens (tertiary/aromatic N) is 2. The van der Waals surface area contributed by atoms with E-state index >= 15 is 0 Å². The van der Waals surface area contributed by atoms with Gasteiger partial charge in [0.2, 0.25) is 0 Å². The molecule has 0 aliphatic heterocycles. The largest absolute Gasteiger partial charge is 0.481 e. The molecule has 0 aromatic carbocycles. The first-order valence-corrected chi connectivity index (χ1v) is 5.38. The van der Waals surface area contributed by atoms with Crippen LogP contribution in [0.15, 0.2) is 0 Å². The summed E-state index contributed by atoms with van der Waals surface area (Å²) in [5.74, 6) is -2.37. The van der Waals surface area contributed by atoms with Crippen molar-refractivity contribution in [1.82, 2.24) is 0 Å². The number of aromatic carboxylic acids is 1. The zero-order valence-electron chi connectivity index (χ0n) is 9.22. The third-order valence-corrected chi connectivity index (χ3v) is 3.42. The Labute approximate surface area is 101 Å². The fourth-order valence-corrected chi connectivity index (χ4v) is 2.41. The molecule has 0 saturated heterocycles. The van der Waals surface area contributed by atoms with Crippen LogP contribution in [0.25, 0.3) is 0 Å². The number of anilines is 1. The van der Waals surface area contributed by atoms with E-state index in [1.54, 1.807) is 19.0 Å². The Morgan fingerprint density at radius 2 is 2.00 bits per heavy atom. The smallest absolute Gasteiger partial charge is 0.346 e. The number of nitriles is 1. The van der Waals surface area contributed by atoms with Crippen molar-refractivity contribution >= 4 is 28.3 Å². The van der Waals surface area contributed by atoms with Gasteiger partial charge < -0.3 is 15.1 Å². The van der Waals surface area contributed by atoms with Gasteiger partial charge in [0.15, 0.2) is 0 Å². The molecule has 0 aliphatic carbocycles. The van der Waals surface area contributed by atoms with Crippen LogP contribution in [-0.4, -0.2) is 36.2 Å². The van der Waals surface area contributed by atoms with Crippen LogP contribution in [0.2, 0.25) is 0 Å². The lowest BCUT2D eigenvalue weighted by Gasteiger charge is -2.09. The minimum Gasteiger partial charge on any atom is -0.481 e. The van der Waals surface area contributed by atoms with Crippen LogP contribution in [0.1, 0.15) is 20.8 Å². The molecule has 7 heteroatoms. The molecule has 0 unspecified atom stereocenters. The van der Waals surface area contributed by atoms with Gasteiger partial charge in [0, 0.05) is 19.7 Å². The SMILES string of the molecule is CN(C)c1sc(C(=O)O)c(CC(=O)O)c1C#N. The highest BCUT2D eigenvalue weighted by atomic mass is 32.1. The predicted molar refractivity (Wildman–Crippen MR) is 61.7 cm³/mol. The summed E-state index contributed by atoms with van der Waals surface area (Å²) < 4.78 is 0. The zero-order valence-corrected chi connectivity index (χ0v) is 10.0. The fraction of sp³-hybridized carbons (Fsp3) is 0.300. The summed E-state index contributed by atoms with van der Waals surface area (Å²) in [6.45, 7) is 0. The minimum absolute atomic E-state index is 0.0706. The Balaban J connectivity index is 3.46. The second kappa shape index (κ2) is 4.84. The van der Waals surface area contributed by atoms with E-state index in [4.69, 9.17) is 15.5 Å². The van der Waals surface area contributed by atoms with Crippen molar-refractivity contribution in [3.05, 3.63) is 16.0 Å². The van der Waals surface area contributed by atoms with Crippen molar-refractivity contribution in [2.45, 2.75) is 6.42 Å². The lowest BCUT2D eigenvalue weighted by molar-refractivity contribution is -0.136. The molecule has 1 rings (SSSR count). The lowest BCUT2D eigenvalue weighted by atomic mass is 10.1. The summed E-state index contributed by atoms with van der Waals surface area (Å²) in [5.41, 5.74) is 0.195. The first kappa shape index (κ1) is 13.0. The molecule has 0 saturated carbocycles. The van der Waals surface area contributed by atoms with Crippen LogP contribution >= 0.6 is 11.3 Å². The van der Waals surface area contributed by atoms with Crippen molar-refractivity contribution in [2.24, 2.45) is 0 Å². The number of carboxylic acids is 2. The highest BCUT2D eigenvalue weighted by molar-refractivity contribution is 7.18. The van der Waals surface area contributed by atoms with Gasteiger partial charge >= 0.3 is 11.9 Å². The summed E-state index contributed by atoms with van der Waals surface area (Å²) in [6.07, 6.45) is -0.463. The maximum Gasteiger partial charge on any atom is 0.346 e. The maximum atomic E-state index is 11.0. The quantitative estimate of drug-likeness (QED) is 0.831. The third-order valence-electron chi connectivity index (χ3n) is 2.03. The van der Waals surface area contributed by atoms with Crippen LogP contribution in [0, 0.1) is 11.3 Å². The molecule has 0 spiro atoms. The highest BCUT2D eigenvalue weighted by Gasteiger charge is 2.24. The molecule has 0 radical (unpaired) electrons. The lowest BCUT2D eigenvalue weighted by Crippen LogP contribution is -2.09. The molecule has 0 aliphatic rings. The molecule has 1 heterocycles. The molecule has 1 aromatic heterocycles. The zero-order chi connectivity index (χ0) is 13.2. The molecular weight excluding hydrogens is 244 g/mol. The molecule has 6 nitrogen and oxygen atoms in total. The first-order chi connectivity index (χ1) is 7.88. The van der Waals surface area contributed by atoms with Gasteiger partial charge in [-0.05, 0) is 0 Å². The summed E-state index contributed by atoms with van der Waals surface area (Å²) in [7, 11) is 3.34. The number of hydrogen-bond donors (Lipinski definition) is 2. The van der Waals surface area contributed by atoms with Crippen molar-refractivity contribution in [2.75, 3.05) is 19.0 Å². The Morgan fingerprint density at radius 1 is 1.41 bits per heavy atom. The van der Waals surface area contributed by atoms with E-state index in [1.165, 1.54) is 0 Å². The van der Waals surface area contributed by atoms with Gasteiger partial charge in [0.1, 0.15) is 15.9 Å². The van der Waals surface area contributed by atoms with Crippen LogP contribution in [0.5, 0.6) is 0 Å². The molecule has 0 bridgehead atoms. The van der Waals surface area contributed by atoms with Crippen molar-refractivity contribution in [1.29, 1.82) is 5.26 Å². The average Bonchev–Trinajstić information content (AvgIpc) is 2.55. The number of aliphatic carboxylic acids is 1. The first-order valence-electron chi connectivity index (χ1n) is 4.56. The topological polar surface area (TPSA) is 102 Å². The van der Waals surface area contributed by atoms with Crippen LogP contribution in [-0.2, 0) is 11.2 Å². The van der Waals surface area contributed by atoms with E-state index in [2.05, 4.69) is 0 Å². The van der Waals surface area contributed by atoms with E-state index in [1.807, 2.05) is 6.07 Å². The van der Waals surface area contributed by atoms with Crippen molar-refractivity contribution < 1.29 is 19.8 Å². The van der Waals surface area contributed by atoms with Gasteiger partial charge in [-0.25, -0.2) is 4.79 Å². The minimum atomic E-state index is -1.21. The molecule has 17 heavy (non-hydrogen) atoms. The van der Waals surface area contributed by atoms with Gasteiger partial charge in [-0.1, -0.05) is 0 Å². The number of rotatable bonds is 4. The Morgan fingerprint density at radius 3 is 2.35 bits per heavy atom. The molecule has 0 fully saturated rings. The normalized spacial score (nSPS) is 9.71. The van der Waals surface area contributed by atoms with Gasteiger partial charge in [-0.2, -0.15) is 5.26 Å². The standard InChI is InChI=1S/C10H10N2O4S/c1-12(2)9-6(4-11)5(3-7(13)14)8(17-9)10(15)16/h3H2,1-2H3,(H,13,14)(H,15,16). The van der Waals surface area contributed by atoms with Crippen molar-refractivity contribution in [3.8, 4) is 6.07 Å². The molecular formula is C10H10N2O4S. The van der Waals surface area contributed by atoms with Gasteiger partial charge in [0.25, 0.3) is 0 Å². The summed E-state index contributed by atoms with van der Waals surface area (Å²) in [4.78, 5) is 23.2. The van der Waals surface area contributed by atoms with E-state index in [9.17, 15) is 9.59 Å². The Kier molecular flexibility index (Phi) is 3.70. The molecule has 2 N–H and O–H groups in total. The highest BCUT2D eigenvalue weighted by Crippen LogP contribution is 2.35. The molecule has 0 atom stereocenters. The van der Waals surface area contributed by atoms with Crippen LogP contribution < -0.4 is 4.90 Å². The predicted octanol–water partition coefficient (Wildman–Crippen LogP) is 1.01. The van der Waals surface area contributed by atoms with E-state index < -0.39 is 18.4 Å². The number of hydrogen-bond acceptors (Lipinski definition) is 5. The van der Waals surface area contributed by atoms with E-state index in [0.717, 1.165) is 11.3 Å². The summed E-state index contributed by atoms with van der Waals surface area (Å²) >= 11 is 0.909. The Bertz CT molecular complexity index is 513. The van der Waals surface area contributed by atoms with Crippen LogP contribution in [0.3, 0.4) is 0 Å². The monoisotopic (exact) mass is 254 g/mol. The summed E-state index contributed by atoms with van der Waals surface area (Å²) in [5, 5.41) is 27.2. The van der Waals surface area contributed by atoms with Crippen LogP contribution in [0.4, 0.5) is 5.00 Å². The average molecular weight is 254 g/mol. The maximum absolute atomic E-state index is 11.0. The second-order valence-electron chi connectivity index (χ2n) is 3.47.